The molecule has 2 aromatic carbocycles. The van der Waals surface area contributed by atoms with Gasteiger partial charge in [0.25, 0.3) is 11.8 Å². The van der Waals surface area contributed by atoms with Crippen molar-refractivity contribution < 1.29 is 43.1 Å². The van der Waals surface area contributed by atoms with Crippen LogP contribution in [0.25, 0.3) is 0 Å². The normalized spacial score (nSPS) is 20.9. The molecule has 1 N–H and O–H groups in total. The molecule has 3 unspecified atom stereocenters. The fourth-order valence-corrected chi connectivity index (χ4v) is 6.51. The number of aliphatic hydroxyl groups is 1. The van der Waals surface area contributed by atoms with Crippen molar-refractivity contribution in [1.82, 2.24) is 9.80 Å². The summed E-state index contributed by atoms with van der Waals surface area (Å²) in [6.07, 6.45) is 11.8. The van der Waals surface area contributed by atoms with Crippen molar-refractivity contribution in [2.24, 2.45) is 4.99 Å². The molecule has 0 aromatic heterocycles. The van der Waals surface area contributed by atoms with Crippen LogP contribution in [0.5, 0.6) is 23.0 Å². The summed E-state index contributed by atoms with van der Waals surface area (Å²) in [5.74, 6) is 0.659. The summed E-state index contributed by atoms with van der Waals surface area (Å²) in [5.41, 5.74) is 2.91. The minimum atomic E-state index is -1.47. The van der Waals surface area contributed by atoms with Gasteiger partial charge in [0.05, 0.1) is 62.0 Å². The van der Waals surface area contributed by atoms with E-state index >= 15 is 0 Å². The number of hydrogen-bond acceptors (Lipinski definition) is 10. The highest BCUT2D eigenvalue weighted by atomic mass is 16.5. The molecule has 2 radical (unpaired) electrons. The SMILES string of the molecule is [B]OC(=O)N1c2cc(OCCCOc3cc4c(cc3OC)C(=O)N3C=C(C=CC)CC3C=N4)c(OC)cc2C(=O)N2C=C(C=CC)CC2C1O. The van der Waals surface area contributed by atoms with E-state index in [9.17, 15) is 19.5 Å². The number of aliphatic imine (C=N–C) groups is 1. The van der Waals surface area contributed by atoms with Gasteiger partial charge in [0.1, 0.15) is 0 Å². The molecule has 0 aliphatic carbocycles. The van der Waals surface area contributed by atoms with E-state index in [0.717, 1.165) is 16.0 Å². The minimum absolute atomic E-state index is 0.0548. The lowest BCUT2D eigenvalue weighted by atomic mass is 10.1. The number of allylic oxidation sites excluding steroid dienone is 4. The number of ether oxygens (including phenoxy) is 4. The molecule has 0 spiro atoms. The molecule has 50 heavy (non-hydrogen) atoms. The summed E-state index contributed by atoms with van der Waals surface area (Å²) >= 11 is 0. The van der Waals surface area contributed by atoms with Gasteiger partial charge in [0.15, 0.2) is 29.2 Å². The smallest absolute Gasteiger partial charge is 0.397 e. The van der Waals surface area contributed by atoms with Crippen molar-refractivity contribution in [2.45, 2.75) is 51.4 Å². The lowest BCUT2D eigenvalue weighted by Crippen LogP contribution is -2.50. The van der Waals surface area contributed by atoms with E-state index in [1.165, 1.54) is 31.3 Å². The summed E-state index contributed by atoms with van der Waals surface area (Å²) in [6, 6.07) is 5.29. The van der Waals surface area contributed by atoms with Crippen LogP contribution < -0.4 is 23.8 Å². The van der Waals surface area contributed by atoms with Gasteiger partial charge in [0, 0.05) is 37.2 Å². The van der Waals surface area contributed by atoms with Crippen molar-refractivity contribution in [1.29, 1.82) is 0 Å². The quantitative estimate of drug-likeness (QED) is 0.272. The number of carbonyl (C=O) groups excluding carboxylic acids is 3. The lowest BCUT2D eigenvalue weighted by molar-refractivity contribution is 0.0578. The van der Waals surface area contributed by atoms with Crippen LogP contribution in [0.1, 0.15) is 53.8 Å². The summed E-state index contributed by atoms with van der Waals surface area (Å²) in [7, 11) is 8.19. The zero-order valence-corrected chi connectivity index (χ0v) is 28.2. The topological polar surface area (TPSA) is 140 Å². The van der Waals surface area contributed by atoms with Crippen LogP contribution in [0.2, 0.25) is 0 Å². The number of anilines is 1. The first-order chi connectivity index (χ1) is 24.2. The summed E-state index contributed by atoms with van der Waals surface area (Å²) in [5, 5.41) is 11.3. The molecule has 3 amide bonds. The molecule has 14 heteroatoms. The van der Waals surface area contributed by atoms with E-state index in [2.05, 4.69) is 9.65 Å². The molecule has 258 valence electrons. The van der Waals surface area contributed by atoms with Crippen LogP contribution in [-0.4, -0.2) is 92.8 Å². The van der Waals surface area contributed by atoms with Crippen LogP contribution >= 0.6 is 0 Å². The van der Waals surface area contributed by atoms with Gasteiger partial charge in [-0.2, -0.15) is 0 Å². The molecule has 0 fully saturated rings. The summed E-state index contributed by atoms with van der Waals surface area (Å²) < 4.78 is 27.7. The maximum absolute atomic E-state index is 13.7. The average molecular weight is 681 g/mol. The number of amides is 3. The van der Waals surface area contributed by atoms with Crippen LogP contribution in [-0.2, 0) is 4.65 Å². The number of rotatable bonds is 10. The lowest BCUT2D eigenvalue weighted by Gasteiger charge is -2.31. The van der Waals surface area contributed by atoms with E-state index in [0.29, 0.717) is 42.0 Å². The second-order valence-corrected chi connectivity index (χ2v) is 11.9. The van der Waals surface area contributed by atoms with Crippen molar-refractivity contribution in [3.63, 3.8) is 0 Å². The van der Waals surface area contributed by atoms with Crippen molar-refractivity contribution >= 4 is 43.5 Å². The van der Waals surface area contributed by atoms with Gasteiger partial charge in [-0.05, 0) is 50.0 Å². The third kappa shape index (κ3) is 6.34. The first kappa shape index (κ1) is 34.4. The molecule has 0 saturated carbocycles. The average Bonchev–Trinajstić information content (AvgIpc) is 3.69. The second kappa shape index (κ2) is 14.5. The minimum Gasteiger partial charge on any atom is -0.527 e. The maximum atomic E-state index is 13.7. The number of aliphatic hydroxyl groups excluding tert-OH is 1. The van der Waals surface area contributed by atoms with Crippen LogP contribution in [0.3, 0.4) is 0 Å². The number of fused-ring (bicyclic) bond motifs is 4. The maximum Gasteiger partial charge on any atom is 0.397 e. The molecule has 0 saturated heterocycles. The molecule has 3 atom stereocenters. The molecular weight excluding hydrogens is 643 g/mol. The first-order valence-electron chi connectivity index (χ1n) is 16.2. The number of carbonyl (C=O) groups is 3. The number of benzene rings is 2. The van der Waals surface area contributed by atoms with E-state index in [1.807, 2.05) is 44.4 Å². The highest BCUT2D eigenvalue weighted by molar-refractivity contribution is 6.11. The van der Waals surface area contributed by atoms with Crippen LogP contribution in [0, 0.1) is 0 Å². The molecule has 13 nitrogen and oxygen atoms in total. The Hall–Kier alpha value is -5.50. The largest absolute Gasteiger partial charge is 0.527 e. The molecule has 6 rings (SSSR count). The second-order valence-electron chi connectivity index (χ2n) is 11.9. The van der Waals surface area contributed by atoms with Gasteiger partial charge in [-0.15, -0.1) is 0 Å². The van der Waals surface area contributed by atoms with Crippen molar-refractivity contribution in [3.05, 3.63) is 83.2 Å². The molecule has 2 aromatic rings. The molecule has 4 aliphatic heterocycles. The Morgan fingerprint density at radius 1 is 0.880 bits per heavy atom. The van der Waals surface area contributed by atoms with E-state index in [-0.39, 0.29) is 47.9 Å². The monoisotopic (exact) mass is 680 g/mol. The Kier molecular flexibility index (Phi) is 10.0. The predicted octanol–water partition coefficient (Wildman–Crippen LogP) is 4.98. The third-order valence-electron chi connectivity index (χ3n) is 8.82. The highest BCUT2D eigenvalue weighted by Crippen LogP contribution is 2.42. The van der Waals surface area contributed by atoms with E-state index < -0.39 is 24.3 Å². The van der Waals surface area contributed by atoms with Gasteiger partial charge in [0.2, 0.25) is 0 Å². The summed E-state index contributed by atoms with van der Waals surface area (Å²) in [6.45, 7) is 4.15. The van der Waals surface area contributed by atoms with Gasteiger partial charge >= 0.3 is 14.1 Å². The Morgan fingerprint density at radius 3 is 2.12 bits per heavy atom. The zero-order valence-electron chi connectivity index (χ0n) is 28.2. The molecular formula is C36H37BN4O9. The standard InChI is InChI=1S/C36H37BN4O9/c1-5-8-21-12-23-18-38-26-16-31(29(46-3)14-24(26)33(42)39(23)19-21)48-10-7-11-49-32-17-27-25(15-30(32)47-4)34(43)40-20-22(9-6-2)13-28(40)35(44)41(27)36(45)50-37/h5-6,8-9,14-20,23,28,35,44H,7,10-13H2,1-4H3. The molecule has 4 heterocycles. The fourth-order valence-electron chi connectivity index (χ4n) is 6.51. The number of nitrogens with zero attached hydrogens (tertiary/aromatic N) is 4. The van der Waals surface area contributed by atoms with Crippen molar-refractivity contribution in [2.75, 3.05) is 32.3 Å². The van der Waals surface area contributed by atoms with Crippen molar-refractivity contribution in [3.8, 4) is 23.0 Å². The third-order valence-corrected chi connectivity index (χ3v) is 8.82. The van der Waals surface area contributed by atoms with Gasteiger partial charge < -0.3 is 38.5 Å². The first-order valence-corrected chi connectivity index (χ1v) is 16.2. The molecule has 4 aliphatic rings. The Balaban J connectivity index is 1.17. The predicted molar refractivity (Wildman–Crippen MR) is 185 cm³/mol. The van der Waals surface area contributed by atoms with Gasteiger partial charge in [-0.1, -0.05) is 24.3 Å². The van der Waals surface area contributed by atoms with Crippen LogP contribution in [0.4, 0.5) is 16.2 Å². The highest BCUT2D eigenvalue weighted by Gasteiger charge is 2.45. The Bertz CT molecular complexity index is 1850. The fraction of sp³-hybridized carbons (Fsp3) is 0.333. The zero-order chi connectivity index (χ0) is 35.5. The van der Waals surface area contributed by atoms with E-state index in [4.69, 9.17) is 27.0 Å². The van der Waals surface area contributed by atoms with Gasteiger partial charge in [-0.25, -0.2) is 9.69 Å². The molecule has 0 bridgehead atoms. The number of methoxy groups -OCH3 is 2. The van der Waals surface area contributed by atoms with Crippen LogP contribution in [0.15, 0.2) is 77.1 Å². The van der Waals surface area contributed by atoms with E-state index in [1.54, 1.807) is 29.4 Å². The Labute approximate surface area is 291 Å². The Morgan fingerprint density at radius 2 is 1.48 bits per heavy atom. The van der Waals surface area contributed by atoms with Gasteiger partial charge in [-0.3, -0.25) is 14.6 Å². The summed E-state index contributed by atoms with van der Waals surface area (Å²) in [4.78, 5) is 48.7. The number of hydrogen-bond donors (Lipinski definition) is 1.